The number of para-hydroxylation sites is 2. The first-order chi connectivity index (χ1) is 18.0. The zero-order valence-electron chi connectivity index (χ0n) is 19.7. The lowest BCUT2D eigenvalue weighted by Gasteiger charge is -2.45. The number of benzene rings is 3. The molecule has 3 aromatic rings. The van der Waals surface area contributed by atoms with Crippen LogP contribution in [-0.2, 0) is 6.54 Å². The summed E-state index contributed by atoms with van der Waals surface area (Å²) < 4.78 is 100. The first kappa shape index (κ1) is 27.4. The van der Waals surface area contributed by atoms with E-state index in [4.69, 9.17) is 0 Å². The molecule has 12 heteroatoms. The van der Waals surface area contributed by atoms with Gasteiger partial charge in [0, 0.05) is 13.1 Å². The van der Waals surface area contributed by atoms with Crippen LogP contribution in [0.4, 0.5) is 42.1 Å². The van der Waals surface area contributed by atoms with E-state index < -0.39 is 38.1 Å². The van der Waals surface area contributed by atoms with E-state index >= 15 is 0 Å². The fourth-order valence-corrected chi connectivity index (χ4v) is 4.44. The average molecular weight is 544 g/mol. The van der Waals surface area contributed by atoms with Crippen molar-refractivity contribution >= 4 is 11.4 Å². The van der Waals surface area contributed by atoms with E-state index in [0.717, 1.165) is 0 Å². The Hall–Kier alpha value is -3.67. The van der Waals surface area contributed by atoms with E-state index in [2.05, 4.69) is 9.47 Å². The first-order valence-electron chi connectivity index (χ1n) is 11.4. The molecule has 1 aliphatic heterocycles. The minimum atomic E-state index is -4.89. The molecule has 0 aromatic heterocycles. The van der Waals surface area contributed by atoms with Crippen LogP contribution in [0.25, 0.3) is 0 Å². The zero-order valence-corrected chi connectivity index (χ0v) is 19.7. The van der Waals surface area contributed by atoms with Crippen molar-refractivity contribution in [1.82, 2.24) is 0 Å². The van der Waals surface area contributed by atoms with Gasteiger partial charge in [0.25, 0.3) is 0 Å². The average Bonchev–Trinajstić information content (AvgIpc) is 2.84. The minimum Gasteiger partial charge on any atom is -0.435 e. The van der Waals surface area contributed by atoms with Crippen LogP contribution >= 0.6 is 0 Å². The molecule has 0 bridgehead atoms. The summed E-state index contributed by atoms with van der Waals surface area (Å²) in [6, 6.07) is 17.4. The number of hydrogen-bond acceptors (Lipinski definition) is 5. The van der Waals surface area contributed by atoms with Gasteiger partial charge in [-0.3, -0.25) is 0 Å². The molecule has 1 aliphatic rings. The number of nitrogens with zero attached hydrogens (tertiary/aromatic N) is 2. The van der Waals surface area contributed by atoms with E-state index in [1.165, 1.54) is 41.3 Å². The van der Waals surface area contributed by atoms with Crippen LogP contribution in [0.2, 0.25) is 0 Å². The summed E-state index contributed by atoms with van der Waals surface area (Å²) in [7, 11) is 0. The lowest BCUT2D eigenvalue weighted by molar-refractivity contribution is -0.200. The minimum absolute atomic E-state index is 0.0499. The lowest BCUT2D eigenvalue weighted by atomic mass is 9.98. The third-order valence-corrected chi connectivity index (χ3v) is 6.01. The van der Waals surface area contributed by atoms with Gasteiger partial charge in [0.05, 0.1) is 24.0 Å². The summed E-state index contributed by atoms with van der Waals surface area (Å²) in [5, 5.41) is 9.93. The smallest absolute Gasteiger partial charge is 0.416 e. The maximum absolute atomic E-state index is 13.4. The predicted molar refractivity (Wildman–Crippen MR) is 126 cm³/mol. The van der Waals surface area contributed by atoms with Crippen molar-refractivity contribution in [2.45, 2.75) is 38.1 Å². The highest BCUT2D eigenvalue weighted by Crippen LogP contribution is 2.43. The van der Waals surface area contributed by atoms with Gasteiger partial charge in [-0.1, -0.05) is 36.4 Å². The fourth-order valence-electron chi connectivity index (χ4n) is 4.44. The molecule has 4 rings (SSSR count). The molecule has 0 fully saturated rings. The molecule has 38 heavy (non-hydrogen) atoms. The third-order valence-electron chi connectivity index (χ3n) is 6.01. The largest absolute Gasteiger partial charge is 0.435 e. The molecule has 3 aromatic carbocycles. The van der Waals surface area contributed by atoms with E-state index in [1.807, 2.05) is 4.90 Å². The number of aliphatic hydroxyl groups excluding tert-OH is 1. The quantitative estimate of drug-likeness (QED) is 0.317. The summed E-state index contributed by atoms with van der Waals surface area (Å²) in [6.07, 6.45) is -7.56. The second-order valence-corrected chi connectivity index (χ2v) is 8.57. The number of rotatable bonds is 9. The highest BCUT2D eigenvalue weighted by atomic mass is 19.4. The molecule has 1 N–H and O–H groups in total. The summed E-state index contributed by atoms with van der Waals surface area (Å²) in [6.45, 7) is -6.66. The van der Waals surface area contributed by atoms with E-state index in [1.54, 1.807) is 36.4 Å². The van der Waals surface area contributed by atoms with Crippen LogP contribution in [-0.4, -0.2) is 43.7 Å². The molecule has 0 radical (unpaired) electrons. The molecule has 5 nitrogen and oxygen atoms in total. The normalized spacial score (nSPS) is 16.5. The number of ether oxygens (including phenoxy) is 2. The maximum atomic E-state index is 13.4. The van der Waals surface area contributed by atoms with Crippen LogP contribution in [0.5, 0.6) is 11.5 Å². The van der Waals surface area contributed by atoms with Gasteiger partial charge in [0.2, 0.25) is 0 Å². The molecule has 0 unspecified atom stereocenters. The van der Waals surface area contributed by atoms with Crippen LogP contribution in [0.3, 0.4) is 0 Å². The molecule has 2 atom stereocenters. The Bertz CT molecular complexity index is 1230. The SMILES string of the molecule is O[C@H](CN1c2ccccc2N(Cc2cccc(OC(F)F)c2)C[C@H]1c1cccc(OC(F)F)c1)C(F)(F)F. The topological polar surface area (TPSA) is 45.2 Å². The van der Waals surface area contributed by atoms with Gasteiger partial charge in [-0.2, -0.15) is 30.7 Å². The van der Waals surface area contributed by atoms with Crippen LogP contribution in [0.15, 0.2) is 72.8 Å². The Labute approximate surface area is 213 Å². The van der Waals surface area contributed by atoms with E-state index in [-0.39, 0.29) is 24.6 Å². The molecule has 0 amide bonds. The standard InChI is InChI=1S/C26H23F7N2O3/c27-24(28)37-18-7-3-5-16(11-18)13-34-14-22(17-6-4-8-19(12-17)38-25(29)30)35(15-23(36)26(31,32)33)21-10-2-1-9-20(21)34/h1-12,22-25,36H,13-15H2/t22-,23+/m0/s1. The fraction of sp³-hybridized carbons (Fsp3) is 0.308. The van der Waals surface area contributed by atoms with Crippen molar-refractivity contribution in [1.29, 1.82) is 0 Å². The summed E-state index contributed by atoms with van der Waals surface area (Å²) >= 11 is 0. The Morgan fingerprint density at radius 1 is 0.816 bits per heavy atom. The third kappa shape index (κ3) is 6.60. The van der Waals surface area contributed by atoms with Gasteiger partial charge in [0.1, 0.15) is 11.5 Å². The molecule has 1 heterocycles. The number of fused-ring (bicyclic) bond motifs is 1. The van der Waals surface area contributed by atoms with Crippen LogP contribution in [0.1, 0.15) is 17.2 Å². The predicted octanol–water partition coefficient (Wildman–Crippen LogP) is 6.38. The van der Waals surface area contributed by atoms with Crippen molar-refractivity contribution in [3.8, 4) is 11.5 Å². The van der Waals surface area contributed by atoms with Gasteiger partial charge in [-0.05, 0) is 47.5 Å². The number of anilines is 2. The Kier molecular flexibility index (Phi) is 8.20. The summed E-state index contributed by atoms with van der Waals surface area (Å²) in [5.74, 6) is -0.220. The van der Waals surface area contributed by atoms with Crippen LogP contribution in [0, 0.1) is 0 Å². The number of alkyl halides is 7. The molecular weight excluding hydrogens is 521 g/mol. The monoisotopic (exact) mass is 544 g/mol. The number of halogens is 7. The van der Waals surface area contributed by atoms with Crippen LogP contribution < -0.4 is 19.3 Å². The van der Waals surface area contributed by atoms with Crippen molar-refractivity contribution in [2.24, 2.45) is 0 Å². The molecular formula is C26H23F7N2O3. The molecule has 0 saturated heterocycles. The first-order valence-corrected chi connectivity index (χ1v) is 11.4. The van der Waals surface area contributed by atoms with Crippen molar-refractivity contribution in [3.63, 3.8) is 0 Å². The molecule has 0 aliphatic carbocycles. The maximum Gasteiger partial charge on any atom is 0.416 e. The molecule has 0 spiro atoms. The number of β-amino-alcohol motifs (C(OH)–C–C–N with tert-alkyl or cyclic N) is 1. The number of hydrogen-bond donors (Lipinski definition) is 1. The van der Waals surface area contributed by atoms with Crippen molar-refractivity contribution in [3.05, 3.63) is 83.9 Å². The van der Waals surface area contributed by atoms with Gasteiger partial charge < -0.3 is 24.4 Å². The lowest BCUT2D eigenvalue weighted by Crippen LogP contribution is -2.49. The van der Waals surface area contributed by atoms with Gasteiger partial charge in [-0.25, -0.2) is 0 Å². The summed E-state index contributed by atoms with van der Waals surface area (Å²) in [5.41, 5.74) is 1.88. The van der Waals surface area contributed by atoms with Gasteiger partial charge >= 0.3 is 19.4 Å². The second-order valence-electron chi connectivity index (χ2n) is 8.57. The van der Waals surface area contributed by atoms with E-state index in [9.17, 15) is 35.8 Å². The van der Waals surface area contributed by atoms with Crippen molar-refractivity contribution < 1.29 is 45.3 Å². The second kappa shape index (κ2) is 11.4. The zero-order chi connectivity index (χ0) is 27.4. The molecule has 0 saturated carbocycles. The Morgan fingerprint density at radius 3 is 2.05 bits per heavy atom. The molecule has 204 valence electrons. The highest BCUT2D eigenvalue weighted by molar-refractivity contribution is 5.75. The van der Waals surface area contributed by atoms with Gasteiger partial charge in [-0.15, -0.1) is 0 Å². The Balaban J connectivity index is 1.74. The Morgan fingerprint density at radius 2 is 1.42 bits per heavy atom. The van der Waals surface area contributed by atoms with Crippen molar-refractivity contribution in [2.75, 3.05) is 22.9 Å². The number of aliphatic hydroxyl groups is 1. The van der Waals surface area contributed by atoms with E-state index in [0.29, 0.717) is 22.5 Å². The highest BCUT2D eigenvalue weighted by Gasteiger charge is 2.42. The van der Waals surface area contributed by atoms with Gasteiger partial charge in [0.15, 0.2) is 6.10 Å². The summed E-state index contributed by atoms with van der Waals surface area (Å²) in [4.78, 5) is 3.21.